The zero-order valence-electron chi connectivity index (χ0n) is 3.02. The monoisotopic (exact) mass is 213 g/mol. The van der Waals surface area contributed by atoms with Crippen LogP contribution >= 0.6 is 34.4 Å². The Morgan fingerprint density at radius 2 is 2.33 bits per heavy atom. The number of thioether (sulfide) groups is 1. The molecule has 34 valence electrons. The molecule has 0 aromatic heterocycles. The molecule has 6 heavy (non-hydrogen) atoms. The van der Waals surface area contributed by atoms with Crippen LogP contribution in [0.4, 0.5) is 0 Å². The summed E-state index contributed by atoms with van der Waals surface area (Å²) in [6, 6.07) is 0. The van der Waals surface area contributed by atoms with Gasteiger partial charge in [-0.2, -0.15) is 0 Å². The predicted molar refractivity (Wildman–Crippen MR) is 39.5 cm³/mol. The highest BCUT2D eigenvalue weighted by Crippen LogP contribution is 1.96. The second-order valence-electron chi connectivity index (χ2n) is 0.516. The first-order chi connectivity index (χ1) is 2.91. The number of nitrogens with one attached hydrogen (secondary N) is 1. The third-order valence-electron chi connectivity index (χ3n) is 0.198. The van der Waals surface area contributed by atoms with Gasteiger partial charge in [0.25, 0.3) is 0 Å². The van der Waals surface area contributed by atoms with Crippen LogP contribution in [-0.4, -0.2) is 5.55 Å². The standard InChI is InChI=1S/C3H4INS/c4-1-2-6-3-5/h1-3,5H/b2-1-,5-3?. The van der Waals surface area contributed by atoms with E-state index in [9.17, 15) is 0 Å². The number of hydrogen-bond acceptors (Lipinski definition) is 2. The van der Waals surface area contributed by atoms with E-state index in [0.29, 0.717) is 0 Å². The molecule has 0 saturated heterocycles. The smallest absolute Gasteiger partial charge is 0.0548 e. The van der Waals surface area contributed by atoms with Crippen LogP contribution in [0.3, 0.4) is 0 Å². The van der Waals surface area contributed by atoms with Gasteiger partial charge in [0, 0.05) is 0 Å². The van der Waals surface area contributed by atoms with E-state index in [1.54, 1.807) is 0 Å². The minimum atomic E-state index is 1.29. The summed E-state index contributed by atoms with van der Waals surface area (Å²) in [6.07, 6.45) is 0. The molecule has 0 aliphatic carbocycles. The number of rotatable bonds is 2. The predicted octanol–water partition coefficient (Wildman–Crippen LogP) is 2.23. The fourth-order valence-electron chi connectivity index (χ4n) is 0.0690. The number of hydrogen-bond donors (Lipinski definition) is 1. The van der Waals surface area contributed by atoms with E-state index in [-0.39, 0.29) is 0 Å². The Hall–Kier alpha value is 0.490. The molecule has 0 aromatic rings. The summed E-state index contributed by atoms with van der Waals surface area (Å²) in [5, 5.41) is 8.33. The van der Waals surface area contributed by atoms with Gasteiger partial charge in [0.2, 0.25) is 0 Å². The zero-order chi connectivity index (χ0) is 4.83. The summed E-state index contributed by atoms with van der Waals surface area (Å²) in [4.78, 5) is 0. The lowest BCUT2D eigenvalue weighted by atomic mass is 11.3. The molecule has 0 bridgehead atoms. The van der Waals surface area contributed by atoms with Gasteiger partial charge in [-0.05, 0) is 9.49 Å². The van der Waals surface area contributed by atoms with Crippen molar-refractivity contribution in [2.45, 2.75) is 0 Å². The summed E-state index contributed by atoms with van der Waals surface area (Å²) in [5.74, 6) is 0. The maximum absolute atomic E-state index is 6.49. The summed E-state index contributed by atoms with van der Waals surface area (Å²) in [7, 11) is 0. The van der Waals surface area contributed by atoms with Crippen molar-refractivity contribution >= 4 is 39.9 Å². The molecule has 0 heterocycles. The van der Waals surface area contributed by atoms with E-state index in [2.05, 4.69) is 22.6 Å². The van der Waals surface area contributed by atoms with Crippen molar-refractivity contribution in [1.82, 2.24) is 0 Å². The largest absolute Gasteiger partial charge is 0.302 e. The summed E-state index contributed by atoms with van der Waals surface area (Å²) < 4.78 is 1.87. The van der Waals surface area contributed by atoms with Gasteiger partial charge in [-0.25, -0.2) is 0 Å². The second kappa shape index (κ2) is 5.49. The van der Waals surface area contributed by atoms with Crippen LogP contribution in [0.25, 0.3) is 0 Å². The highest BCUT2D eigenvalue weighted by atomic mass is 127. The zero-order valence-corrected chi connectivity index (χ0v) is 5.99. The van der Waals surface area contributed by atoms with Gasteiger partial charge in [0.15, 0.2) is 0 Å². The molecule has 0 amide bonds. The average Bonchev–Trinajstić information content (AvgIpc) is 1.61. The lowest BCUT2D eigenvalue weighted by Crippen LogP contribution is -1.43. The van der Waals surface area contributed by atoms with Crippen LogP contribution in [0.2, 0.25) is 0 Å². The Labute approximate surface area is 54.8 Å². The van der Waals surface area contributed by atoms with Gasteiger partial charge in [0.1, 0.15) is 0 Å². The van der Waals surface area contributed by atoms with Crippen LogP contribution in [0.5, 0.6) is 0 Å². The van der Waals surface area contributed by atoms with E-state index >= 15 is 0 Å². The third-order valence-corrected chi connectivity index (χ3v) is 1.47. The first-order valence-corrected chi connectivity index (χ1v) is 3.50. The van der Waals surface area contributed by atoms with Crippen molar-refractivity contribution in [3.05, 3.63) is 9.49 Å². The molecular weight excluding hydrogens is 209 g/mol. The van der Waals surface area contributed by atoms with Crippen LogP contribution in [-0.2, 0) is 0 Å². The normalized spacial score (nSPS) is 9.50. The van der Waals surface area contributed by atoms with Crippen LogP contribution in [0.1, 0.15) is 0 Å². The molecule has 1 N–H and O–H groups in total. The van der Waals surface area contributed by atoms with Gasteiger partial charge >= 0.3 is 0 Å². The SMILES string of the molecule is N=CS/C=C\I. The average molecular weight is 213 g/mol. The topological polar surface area (TPSA) is 23.9 Å². The molecular formula is C3H4INS. The quantitative estimate of drug-likeness (QED) is 0.424. The minimum absolute atomic E-state index is 1.29. The lowest BCUT2D eigenvalue weighted by Gasteiger charge is -1.67. The fraction of sp³-hybridized carbons (Fsp3) is 0. The van der Waals surface area contributed by atoms with E-state index in [1.807, 2.05) is 9.49 Å². The molecule has 0 aliphatic rings. The first-order valence-electron chi connectivity index (χ1n) is 1.31. The van der Waals surface area contributed by atoms with Gasteiger partial charge < -0.3 is 5.41 Å². The van der Waals surface area contributed by atoms with Crippen molar-refractivity contribution < 1.29 is 0 Å². The van der Waals surface area contributed by atoms with Crippen molar-refractivity contribution in [2.75, 3.05) is 0 Å². The maximum atomic E-state index is 6.49. The van der Waals surface area contributed by atoms with E-state index in [4.69, 9.17) is 5.41 Å². The fourth-order valence-corrected chi connectivity index (χ4v) is 0.715. The van der Waals surface area contributed by atoms with Crippen LogP contribution < -0.4 is 0 Å². The Kier molecular flexibility index (Phi) is 5.94. The molecule has 0 saturated carbocycles. The summed E-state index contributed by atoms with van der Waals surface area (Å²) in [6.45, 7) is 0. The third kappa shape index (κ3) is 4.49. The van der Waals surface area contributed by atoms with Crippen molar-refractivity contribution in [3.8, 4) is 0 Å². The number of halogens is 1. The molecule has 0 atom stereocenters. The van der Waals surface area contributed by atoms with Crippen molar-refractivity contribution in [2.24, 2.45) is 0 Å². The maximum Gasteiger partial charge on any atom is 0.0548 e. The Bertz CT molecular complexity index is 61.8. The van der Waals surface area contributed by atoms with Gasteiger partial charge in [-0.3, -0.25) is 0 Å². The Balaban J connectivity index is 2.85. The highest BCUT2D eigenvalue weighted by Gasteiger charge is 1.60. The Morgan fingerprint density at radius 3 is 2.50 bits per heavy atom. The highest BCUT2D eigenvalue weighted by molar-refractivity contribution is 14.1. The minimum Gasteiger partial charge on any atom is -0.302 e. The van der Waals surface area contributed by atoms with Crippen LogP contribution in [0.15, 0.2) is 9.49 Å². The molecule has 0 rings (SSSR count). The van der Waals surface area contributed by atoms with E-state index in [1.165, 1.54) is 17.3 Å². The molecule has 0 radical (unpaired) electrons. The molecule has 3 heteroatoms. The second-order valence-corrected chi connectivity index (χ2v) is 2.02. The Morgan fingerprint density at radius 1 is 1.67 bits per heavy atom. The summed E-state index contributed by atoms with van der Waals surface area (Å²) in [5.41, 5.74) is 1.29. The van der Waals surface area contributed by atoms with Gasteiger partial charge in [0.05, 0.1) is 5.55 Å². The van der Waals surface area contributed by atoms with Crippen LogP contribution in [0, 0.1) is 5.41 Å². The molecule has 1 nitrogen and oxygen atoms in total. The van der Waals surface area contributed by atoms with Crippen molar-refractivity contribution in [3.63, 3.8) is 0 Å². The molecule has 0 spiro atoms. The van der Waals surface area contributed by atoms with Crippen molar-refractivity contribution in [1.29, 1.82) is 5.41 Å². The van der Waals surface area contributed by atoms with Gasteiger partial charge in [-0.1, -0.05) is 34.4 Å². The van der Waals surface area contributed by atoms with E-state index < -0.39 is 0 Å². The lowest BCUT2D eigenvalue weighted by molar-refractivity contribution is 1.60. The molecule has 0 fully saturated rings. The molecule has 0 aromatic carbocycles. The summed E-state index contributed by atoms with van der Waals surface area (Å²) >= 11 is 3.47. The van der Waals surface area contributed by atoms with Gasteiger partial charge in [-0.15, -0.1) is 0 Å². The molecule has 0 unspecified atom stereocenters. The first kappa shape index (κ1) is 6.49. The molecule has 0 aliphatic heterocycles. The van der Waals surface area contributed by atoms with E-state index in [0.717, 1.165) is 0 Å².